The van der Waals surface area contributed by atoms with Crippen LogP contribution in [0.15, 0.2) is 60.7 Å². The molecule has 2 aliphatic rings. The summed E-state index contributed by atoms with van der Waals surface area (Å²) in [5.41, 5.74) is 2.24. The van der Waals surface area contributed by atoms with E-state index >= 15 is 0 Å². The topological polar surface area (TPSA) is 46.2 Å². The zero-order chi connectivity index (χ0) is 18.6. The van der Waals surface area contributed by atoms with Gasteiger partial charge >= 0.3 is 0 Å². The van der Waals surface area contributed by atoms with Crippen LogP contribution in [-0.4, -0.2) is 51.5 Å². The standard InChI is InChI=1S/C22H26O5/c1-23-21-19(16-11-7-4-8-12-16)26-17-14-25-18(27-20(17)22(21)24-2)13-15-9-5-3-6-10-15/h3-12,17-22H,13-14H2,1-2H3/t17-,18-,19+,20-,21+,22+/m1/s1. The quantitative estimate of drug-likeness (QED) is 0.809. The largest absolute Gasteiger partial charge is 0.376 e. The zero-order valence-electron chi connectivity index (χ0n) is 15.7. The molecule has 0 bridgehead atoms. The minimum Gasteiger partial charge on any atom is -0.376 e. The predicted octanol–water partition coefficient (Wildman–Crippen LogP) is 3.14. The van der Waals surface area contributed by atoms with Crippen molar-refractivity contribution in [1.82, 2.24) is 0 Å². The molecule has 2 heterocycles. The summed E-state index contributed by atoms with van der Waals surface area (Å²) >= 11 is 0. The highest BCUT2D eigenvalue weighted by Gasteiger charge is 2.50. The maximum Gasteiger partial charge on any atom is 0.162 e. The van der Waals surface area contributed by atoms with Crippen LogP contribution < -0.4 is 0 Å². The molecule has 0 unspecified atom stereocenters. The monoisotopic (exact) mass is 370 g/mol. The van der Waals surface area contributed by atoms with E-state index in [1.54, 1.807) is 14.2 Å². The van der Waals surface area contributed by atoms with Gasteiger partial charge in [-0.15, -0.1) is 0 Å². The Balaban J connectivity index is 1.52. The molecule has 0 aliphatic carbocycles. The van der Waals surface area contributed by atoms with Gasteiger partial charge < -0.3 is 23.7 Å². The molecule has 2 aliphatic heterocycles. The smallest absolute Gasteiger partial charge is 0.162 e. The van der Waals surface area contributed by atoms with Crippen LogP contribution in [0.25, 0.3) is 0 Å². The number of ether oxygens (including phenoxy) is 5. The Labute approximate surface area is 160 Å². The molecule has 0 radical (unpaired) electrons. The van der Waals surface area contributed by atoms with E-state index in [0.717, 1.165) is 5.56 Å². The molecule has 0 aromatic heterocycles. The van der Waals surface area contributed by atoms with E-state index in [1.807, 2.05) is 48.5 Å². The average Bonchev–Trinajstić information content (AvgIpc) is 2.73. The van der Waals surface area contributed by atoms with Crippen molar-refractivity contribution in [3.05, 3.63) is 71.8 Å². The van der Waals surface area contributed by atoms with Gasteiger partial charge in [0.1, 0.15) is 30.5 Å². The third-order valence-electron chi connectivity index (χ3n) is 5.31. The normalized spacial score (nSPS) is 33.4. The fourth-order valence-electron chi connectivity index (χ4n) is 3.98. The van der Waals surface area contributed by atoms with E-state index in [4.69, 9.17) is 23.7 Å². The Hall–Kier alpha value is -1.76. The average molecular weight is 370 g/mol. The van der Waals surface area contributed by atoms with Crippen LogP contribution in [0.1, 0.15) is 17.2 Å². The van der Waals surface area contributed by atoms with E-state index < -0.39 is 0 Å². The van der Waals surface area contributed by atoms with Crippen molar-refractivity contribution in [1.29, 1.82) is 0 Å². The van der Waals surface area contributed by atoms with Gasteiger partial charge in [-0.3, -0.25) is 0 Å². The van der Waals surface area contributed by atoms with Gasteiger partial charge in [0.25, 0.3) is 0 Å². The lowest BCUT2D eigenvalue weighted by Crippen LogP contribution is -2.61. The summed E-state index contributed by atoms with van der Waals surface area (Å²) < 4.78 is 30.2. The van der Waals surface area contributed by atoms with Gasteiger partial charge in [-0.25, -0.2) is 0 Å². The van der Waals surface area contributed by atoms with Crippen molar-refractivity contribution in [2.24, 2.45) is 0 Å². The van der Waals surface area contributed by atoms with Gasteiger partial charge in [0, 0.05) is 20.6 Å². The van der Waals surface area contributed by atoms with Crippen molar-refractivity contribution < 1.29 is 23.7 Å². The van der Waals surface area contributed by atoms with Gasteiger partial charge in [0.05, 0.1) is 6.61 Å². The van der Waals surface area contributed by atoms with Crippen LogP contribution in [0, 0.1) is 0 Å². The van der Waals surface area contributed by atoms with Crippen molar-refractivity contribution in [2.75, 3.05) is 20.8 Å². The lowest BCUT2D eigenvalue weighted by atomic mass is 9.90. The van der Waals surface area contributed by atoms with Gasteiger partial charge in [0.15, 0.2) is 6.29 Å². The summed E-state index contributed by atoms with van der Waals surface area (Å²) in [5.74, 6) is 0. The highest BCUT2D eigenvalue weighted by Crippen LogP contribution is 2.38. The highest BCUT2D eigenvalue weighted by atomic mass is 16.7. The van der Waals surface area contributed by atoms with Crippen LogP contribution in [-0.2, 0) is 30.1 Å². The summed E-state index contributed by atoms with van der Waals surface area (Å²) in [7, 11) is 3.39. The molecule has 2 fully saturated rings. The number of fused-ring (bicyclic) bond motifs is 1. The van der Waals surface area contributed by atoms with Crippen molar-refractivity contribution in [3.63, 3.8) is 0 Å². The maximum atomic E-state index is 6.36. The molecule has 0 amide bonds. The Morgan fingerprint density at radius 1 is 0.852 bits per heavy atom. The second kappa shape index (κ2) is 8.50. The molecule has 144 valence electrons. The number of hydrogen-bond acceptors (Lipinski definition) is 5. The molecule has 27 heavy (non-hydrogen) atoms. The van der Waals surface area contributed by atoms with Gasteiger partial charge in [-0.2, -0.15) is 0 Å². The Morgan fingerprint density at radius 3 is 2.19 bits per heavy atom. The fourth-order valence-corrected chi connectivity index (χ4v) is 3.98. The van der Waals surface area contributed by atoms with E-state index in [0.29, 0.717) is 13.0 Å². The van der Waals surface area contributed by atoms with E-state index in [2.05, 4.69) is 12.1 Å². The molecule has 0 spiro atoms. The van der Waals surface area contributed by atoms with Crippen LogP contribution >= 0.6 is 0 Å². The molecular weight excluding hydrogens is 344 g/mol. The first-order valence-corrected chi connectivity index (χ1v) is 9.37. The third kappa shape index (κ3) is 3.93. The lowest BCUT2D eigenvalue weighted by molar-refractivity contribution is -0.331. The molecule has 2 aromatic rings. The SMILES string of the molecule is CO[C@@H]1[C@@H](OC)[C@H](c2ccccc2)O[C@@H]2CO[C@@H](Cc3ccccc3)O[C@@H]12. The fraction of sp³-hybridized carbons (Fsp3) is 0.455. The van der Waals surface area contributed by atoms with Gasteiger partial charge in [0.2, 0.25) is 0 Å². The van der Waals surface area contributed by atoms with Gasteiger partial charge in [-0.05, 0) is 11.1 Å². The third-order valence-corrected chi connectivity index (χ3v) is 5.31. The van der Waals surface area contributed by atoms with Crippen molar-refractivity contribution in [3.8, 4) is 0 Å². The van der Waals surface area contributed by atoms with E-state index in [1.165, 1.54) is 5.56 Å². The van der Waals surface area contributed by atoms with E-state index in [-0.39, 0.29) is 36.8 Å². The minimum absolute atomic E-state index is 0.196. The molecule has 0 N–H and O–H groups in total. The molecule has 4 rings (SSSR count). The lowest BCUT2D eigenvalue weighted by Gasteiger charge is -2.48. The summed E-state index contributed by atoms with van der Waals surface area (Å²) in [5, 5.41) is 0. The number of methoxy groups -OCH3 is 2. The summed E-state index contributed by atoms with van der Waals surface area (Å²) in [4.78, 5) is 0. The first kappa shape index (κ1) is 18.6. The number of benzene rings is 2. The molecular formula is C22H26O5. The molecule has 5 nitrogen and oxygen atoms in total. The van der Waals surface area contributed by atoms with E-state index in [9.17, 15) is 0 Å². The molecule has 0 saturated carbocycles. The number of rotatable bonds is 5. The molecule has 2 aromatic carbocycles. The first-order chi connectivity index (χ1) is 13.3. The Kier molecular flexibility index (Phi) is 5.86. The second-order valence-corrected chi connectivity index (χ2v) is 6.96. The van der Waals surface area contributed by atoms with Crippen LogP contribution in [0.2, 0.25) is 0 Å². The highest BCUT2D eigenvalue weighted by molar-refractivity contribution is 5.21. The van der Waals surface area contributed by atoms with Crippen molar-refractivity contribution in [2.45, 2.75) is 43.2 Å². The predicted molar refractivity (Wildman–Crippen MR) is 100 cm³/mol. The molecule has 2 saturated heterocycles. The summed E-state index contributed by atoms with van der Waals surface area (Å²) in [6.07, 6.45) is -0.766. The van der Waals surface area contributed by atoms with Crippen LogP contribution in [0.5, 0.6) is 0 Å². The molecule has 5 heteroatoms. The van der Waals surface area contributed by atoms with Crippen LogP contribution in [0.4, 0.5) is 0 Å². The minimum atomic E-state index is -0.319. The Bertz CT molecular complexity index is 707. The second-order valence-electron chi connectivity index (χ2n) is 6.96. The number of hydrogen-bond donors (Lipinski definition) is 0. The molecule has 6 atom stereocenters. The summed E-state index contributed by atoms with van der Waals surface area (Å²) in [6.45, 7) is 0.474. The maximum absolute atomic E-state index is 6.36. The zero-order valence-corrected chi connectivity index (χ0v) is 15.7. The first-order valence-electron chi connectivity index (χ1n) is 9.37. The van der Waals surface area contributed by atoms with Gasteiger partial charge in [-0.1, -0.05) is 60.7 Å². The van der Waals surface area contributed by atoms with Crippen molar-refractivity contribution >= 4 is 0 Å². The van der Waals surface area contributed by atoms with Crippen LogP contribution in [0.3, 0.4) is 0 Å². The summed E-state index contributed by atoms with van der Waals surface area (Å²) in [6, 6.07) is 20.3. The Morgan fingerprint density at radius 2 is 1.52 bits per heavy atom.